The molecule has 44 valence electrons. The summed E-state index contributed by atoms with van der Waals surface area (Å²) in [5.74, 6) is 5.54. The Kier molecular flexibility index (Phi) is 1.75. The van der Waals surface area contributed by atoms with Crippen molar-refractivity contribution in [2.45, 2.75) is 0 Å². The molecule has 0 spiro atoms. The van der Waals surface area contributed by atoms with Crippen LogP contribution in [0.1, 0.15) is 0 Å². The van der Waals surface area contributed by atoms with Crippen molar-refractivity contribution in [2.24, 2.45) is 5.84 Å². The Bertz CT molecular complexity index is 52.4. The van der Waals surface area contributed by atoms with Gasteiger partial charge >= 0.3 is 0 Å². The maximum absolute atomic E-state index is 5.54. The highest BCUT2D eigenvalue weighted by atomic mass is 15.8. The second kappa shape index (κ2) is 1.78. The SMILES string of the molecule is CN(C)[N+](C)(C)N. The Morgan fingerprint density at radius 1 is 1.29 bits per heavy atom. The van der Waals surface area contributed by atoms with Crippen molar-refractivity contribution in [1.82, 2.24) is 5.01 Å². The van der Waals surface area contributed by atoms with Gasteiger partial charge in [-0.15, -0.1) is 5.01 Å². The van der Waals surface area contributed by atoms with Gasteiger partial charge in [0.2, 0.25) is 0 Å². The summed E-state index contributed by atoms with van der Waals surface area (Å²) in [6.45, 7) is 0. The van der Waals surface area contributed by atoms with E-state index in [1.165, 1.54) is 0 Å². The van der Waals surface area contributed by atoms with E-state index in [0.717, 1.165) is 0 Å². The number of hydrogen-bond acceptors (Lipinski definition) is 2. The molecule has 0 saturated carbocycles. The minimum atomic E-state index is 0.389. The molecule has 0 bridgehead atoms. The Morgan fingerprint density at radius 2 is 1.43 bits per heavy atom. The van der Waals surface area contributed by atoms with Crippen LogP contribution in [0, 0.1) is 0 Å². The molecule has 0 aromatic rings. The lowest BCUT2D eigenvalue weighted by molar-refractivity contribution is -1.01. The summed E-state index contributed by atoms with van der Waals surface area (Å²) in [7, 11) is 7.67. The fourth-order valence-corrected chi connectivity index (χ4v) is 0. The predicted octanol–water partition coefficient (Wildman–Crippen LogP) is -0.587. The molecule has 0 fully saturated rings. The van der Waals surface area contributed by atoms with Crippen LogP contribution in [0.2, 0.25) is 0 Å². The summed E-state index contributed by atoms with van der Waals surface area (Å²) in [4.78, 5) is 0. The molecule has 0 aliphatic heterocycles. The van der Waals surface area contributed by atoms with E-state index in [4.69, 9.17) is 5.84 Å². The van der Waals surface area contributed by atoms with Gasteiger partial charge in [-0.1, -0.05) is 0 Å². The fraction of sp³-hybridized carbons (Fsp3) is 1.00. The van der Waals surface area contributed by atoms with Gasteiger partial charge in [-0.2, -0.15) is 10.5 Å². The molecule has 0 aromatic carbocycles. The number of nitrogens with zero attached hydrogens (tertiary/aromatic N) is 2. The normalized spacial score (nSPS) is 12.9. The summed E-state index contributed by atoms with van der Waals surface area (Å²) in [5.41, 5.74) is 0. The van der Waals surface area contributed by atoms with Crippen LogP contribution >= 0.6 is 0 Å². The first-order chi connectivity index (χ1) is 2.94. The second-order valence-corrected chi connectivity index (χ2v) is 2.33. The molecule has 7 heavy (non-hydrogen) atoms. The molecular formula is C4H14N3+. The third-order valence-electron chi connectivity index (χ3n) is 1.03. The van der Waals surface area contributed by atoms with E-state index in [-0.39, 0.29) is 0 Å². The molecule has 0 aliphatic rings. The van der Waals surface area contributed by atoms with Gasteiger partial charge in [0, 0.05) is 14.1 Å². The van der Waals surface area contributed by atoms with Gasteiger partial charge in [0.05, 0.1) is 0 Å². The summed E-state index contributed by atoms with van der Waals surface area (Å²) >= 11 is 0. The smallest absolute Gasteiger partial charge is 0.104 e. The molecule has 3 heteroatoms. The Labute approximate surface area is 44.8 Å². The molecule has 0 radical (unpaired) electrons. The van der Waals surface area contributed by atoms with Gasteiger partial charge in [0.1, 0.15) is 14.1 Å². The highest BCUT2D eigenvalue weighted by Crippen LogP contribution is 1.84. The third kappa shape index (κ3) is 2.56. The third-order valence-corrected chi connectivity index (χ3v) is 1.03. The van der Waals surface area contributed by atoms with Crippen LogP contribution in [-0.4, -0.2) is 37.9 Å². The molecule has 0 amide bonds. The van der Waals surface area contributed by atoms with Crippen LogP contribution in [0.5, 0.6) is 0 Å². The quantitative estimate of drug-likeness (QED) is 0.274. The molecular weight excluding hydrogens is 90.1 g/mol. The van der Waals surface area contributed by atoms with Crippen molar-refractivity contribution in [1.29, 1.82) is 0 Å². The average molecular weight is 104 g/mol. The second-order valence-electron chi connectivity index (χ2n) is 2.33. The molecule has 0 aliphatic carbocycles. The molecule has 0 rings (SSSR count). The van der Waals surface area contributed by atoms with Crippen molar-refractivity contribution in [3.05, 3.63) is 0 Å². The van der Waals surface area contributed by atoms with Crippen LogP contribution in [-0.2, 0) is 0 Å². The van der Waals surface area contributed by atoms with E-state index in [2.05, 4.69) is 0 Å². The van der Waals surface area contributed by atoms with Crippen LogP contribution in [0.4, 0.5) is 0 Å². The van der Waals surface area contributed by atoms with E-state index in [0.29, 0.717) is 4.70 Å². The maximum Gasteiger partial charge on any atom is 0.104 e. The first-order valence-corrected chi connectivity index (χ1v) is 2.25. The first kappa shape index (κ1) is 6.88. The van der Waals surface area contributed by atoms with Crippen molar-refractivity contribution in [2.75, 3.05) is 28.2 Å². The van der Waals surface area contributed by atoms with Crippen molar-refractivity contribution >= 4 is 0 Å². The van der Waals surface area contributed by atoms with Crippen LogP contribution in [0.15, 0.2) is 0 Å². The monoisotopic (exact) mass is 104 g/mol. The van der Waals surface area contributed by atoms with Crippen molar-refractivity contribution < 1.29 is 4.70 Å². The van der Waals surface area contributed by atoms with Gasteiger partial charge in [-0.05, 0) is 0 Å². The zero-order valence-corrected chi connectivity index (χ0v) is 5.47. The Balaban J connectivity index is 3.54. The average Bonchev–Trinajstić information content (AvgIpc) is 1.31. The number of rotatable bonds is 1. The Morgan fingerprint density at radius 3 is 1.43 bits per heavy atom. The molecule has 0 unspecified atom stereocenters. The standard InChI is InChI=1S/C4H14N3/c1-6(2)7(3,4)5/h5H2,1-4H3/q+1. The van der Waals surface area contributed by atoms with Gasteiger partial charge in [-0.3, -0.25) is 0 Å². The molecule has 2 N–H and O–H groups in total. The van der Waals surface area contributed by atoms with E-state index in [1.807, 2.05) is 33.2 Å². The predicted molar refractivity (Wildman–Crippen MR) is 30.0 cm³/mol. The summed E-state index contributed by atoms with van der Waals surface area (Å²) in [5, 5.41) is 1.90. The lowest BCUT2D eigenvalue weighted by atomic mass is 10.9. The van der Waals surface area contributed by atoms with Gasteiger partial charge in [0.15, 0.2) is 0 Å². The van der Waals surface area contributed by atoms with Crippen molar-refractivity contribution in [3.8, 4) is 0 Å². The minimum Gasteiger partial charge on any atom is -0.177 e. The number of quaternary nitrogens is 1. The highest BCUT2D eigenvalue weighted by Gasteiger charge is 2.09. The van der Waals surface area contributed by atoms with E-state index < -0.39 is 0 Å². The zero-order valence-electron chi connectivity index (χ0n) is 5.47. The summed E-state index contributed by atoms with van der Waals surface area (Å²) in [6, 6.07) is 0. The molecule has 0 saturated heterocycles. The Hall–Kier alpha value is -0.120. The fourth-order valence-electron chi connectivity index (χ4n) is 0. The highest BCUT2D eigenvalue weighted by molar-refractivity contribution is 4.03. The topological polar surface area (TPSA) is 29.3 Å². The van der Waals surface area contributed by atoms with E-state index >= 15 is 0 Å². The number of hydrogen-bond donors (Lipinski definition) is 1. The van der Waals surface area contributed by atoms with Crippen LogP contribution in [0.3, 0.4) is 0 Å². The summed E-state index contributed by atoms with van der Waals surface area (Å²) < 4.78 is 0.389. The van der Waals surface area contributed by atoms with E-state index in [9.17, 15) is 0 Å². The van der Waals surface area contributed by atoms with Gasteiger partial charge in [-0.25, -0.2) is 0 Å². The first-order valence-electron chi connectivity index (χ1n) is 2.25. The molecule has 0 aromatic heterocycles. The lowest BCUT2D eigenvalue weighted by Crippen LogP contribution is -2.56. The van der Waals surface area contributed by atoms with E-state index in [1.54, 1.807) is 0 Å². The molecule has 0 heterocycles. The zero-order chi connectivity index (χ0) is 6.08. The lowest BCUT2D eigenvalue weighted by Gasteiger charge is -2.28. The minimum absolute atomic E-state index is 0.389. The van der Waals surface area contributed by atoms with Gasteiger partial charge in [0.25, 0.3) is 0 Å². The largest absolute Gasteiger partial charge is 0.177 e. The molecule has 0 atom stereocenters. The maximum atomic E-state index is 5.54. The molecule has 3 nitrogen and oxygen atoms in total. The summed E-state index contributed by atoms with van der Waals surface area (Å²) in [6.07, 6.45) is 0. The van der Waals surface area contributed by atoms with Crippen molar-refractivity contribution in [3.63, 3.8) is 0 Å². The van der Waals surface area contributed by atoms with Crippen LogP contribution < -0.4 is 5.84 Å². The van der Waals surface area contributed by atoms with Gasteiger partial charge < -0.3 is 0 Å². The van der Waals surface area contributed by atoms with Crippen LogP contribution in [0.25, 0.3) is 0 Å². The number of nitrogens with two attached hydrogens (primary N) is 1.